The molecule has 0 fully saturated rings. The SMILES string of the molecule is CC(C)CC(c1ccc2c(c1)C(=O)c1ccccc1-2)C(C)C. The summed E-state index contributed by atoms with van der Waals surface area (Å²) in [4.78, 5) is 12.7. The second-order valence-electron chi connectivity index (χ2n) is 7.16. The van der Waals surface area contributed by atoms with Gasteiger partial charge < -0.3 is 0 Å². The number of hydrogen-bond acceptors (Lipinski definition) is 1. The number of fused-ring (bicyclic) bond motifs is 3. The van der Waals surface area contributed by atoms with E-state index < -0.39 is 0 Å². The Morgan fingerprint density at radius 3 is 2.09 bits per heavy atom. The lowest BCUT2D eigenvalue weighted by atomic mass is 9.81. The third-order valence-corrected chi connectivity index (χ3v) is 4.71. The van der Waals surface area contributed by atoms with E-state index in [1.54, 1.807) is 0 Å². The smallest absolute Gasteiger partial charge is 0.194 e. The zero-order valence-corrected chi connectivity index (χ0v) is 13.9. The summed E-state index contributed by atoms with van der Waals surface area (Å²) in [6, 6.07) is 14.4. The molecule has 0 heterocycles. The Kier molecular flexibility index (Phi) is 3.90. The van der Waals surface area contributed by atoms with Crippen LogP contribution < -0.4 is 0 Å². The highest BCUT2D eigenvalue weighted by Gasteiger charge is 2.27. The molecule has 0 aliphatic heterocycles. The first-order chi connectivity index (χ1) is 10.5. The van der Waals surface area contributed by atoms with Gasteiger partial charge in [-0.25, -0.2) is 0 Å². The minimum atomic E-state index is 0.180. The van der Waals surface area contributed by atoms with Crippen molar-refractivity contribution in [2.45, 2.75) is 40.0 Å². The molecule has 0 bridgehead atoms. The Bertz CT molecular complexity index is 710. The van der Waals surface area contributed by atoms with Crippen LogP contribution in [0.15, 0.2) is 42.5 Å². The lowest BCUT2D eigenvalue weighted by Crippen LogP contribution is -2.10. The van der Waals surface area contributed by atoms with Crippen molar-refractivity contribution in [3.05, 3.63) is 59.2 Å². The van der Waals surface area contributed by atoms with E-state index in [4.69, 9.17) is 0 Å². The fraction of sp³-hybridized carbons (Fsp3) is 0.381. The van der Waals surface area contributed by atoms with Gasteiger partial charge in [-0.2, -0.15) is 0 Å². The van der Waals surface area contributed by atoms with Crippen LogP contribution in [-0.4, -0.2) is 5.78 Å². The molecular weight excluding hydrogens is 268 g/mol. The van der Waals surface area contributed by atoms with Gasteiger partial charge in [-0.3, -0.25) is 4.79 Å². The molecule has 2 aromatic carbocycles. The van der Waals surface area contributed by atoms with Crippen molar-refractivity contribution < 1.29 is 4.79 Å². The number of benzene rings is 2. The summed E-state index contributed by atoms with van der Waals surface area (Å²) in [5.74, 6) is 1.94. The van der Waals surface area contributed by atoms with Gasteiger partial charge in [0, 0.05) is 11.1 Å². The first kappa shape index (κ1) is 15.0. The third kappa shape index (κ3) is 2.49. The number of rotatable bonds is 4. The van der Waals surface area contributed by atoms with Crippen LogP contribution in [0.5, 0.6) is 0 Å². The van der Waals surface area contributed by atoms with E-state index in [0.717, 1.165) is 28.7 Å². The zero-order valence-electron chi connectivity index (χ0n) is 13.9. The van der Waals surface area contributed by atoms with Gasteiger partial charge in [0.1, 0.15) is 0 Å². The number of hydrogen-bond donors (Lipinski definition) is 0. The Balaban J connectivity index is 2.04. The van der Waals surface area contributed by atoms with Crippen LogP contribution in [0, 0.1) is 11.8 Å². The second kappa shape index (κ2) is 5.72. The summed E-state index contributed by atoms with van der Waals surface area (Å²) in [6.07, 6.45) is 1.16. The Hall–Kier alpha value is -1.89. The van der Waals surface area contributed by atoms with E-state index >= 15 is 0 Å². The average molecular weight is 292 g/mol. The molecule has 22 heavy (non-hydrogen) atoms. The summed E-state index contributed by atoms with van der Waals surface area (Å²) < 4.78 is 0. The van der Waals surface area contributed by atoms with Gasteiger partial charge in [0.2, 0.25) is 0 Å². The molecule has 1 nitrogen and oxygen atoms in total. The van der Waals surface area contributed by atoms with Crippen molar-refractivity contribution in [3.8, 4) is 11.1 Å². The molecule has 0 radical (unpaired) electrons. The normalized spacial score (nSPS) is 14.4. The molecule has 0 amide bonds. The van der Waals surface area contributed by atoms with Gasteiger partial charge in [0.15, 0.2) is 5.78 Å². The van der Waals surface area contributed by atoms with E-state index in [2.05, 4.69) is 45.9 Å². The lowest BCUT2D eigenvalue weighted by molar-refractivity contribution is 0.104. The fourth-order valence-electron chi connectivity index (χ4n) is 3.58. The molecule has 0 saturated heterocycles. The van der Waals surface area contributed by atoms with Crippen molar-refractivity contribution in [3.63, 3.8) is 0 Å². The van der Waals surface area contributed by atoms with Crippen molar-refractivity contribution in [2.75, 3.05) is 0 Å². The van der Waals surface area contributed by atoms with Crippen LogP contribution in [0.1, 0.15) is 61.5 Å². The quantitative estimate of drug-likeness (QED) is 0.604. The minimum Gasteiger partial charge on any atom is -0.289 e. The summed E-state index contributed by atoms with van der Waals surface area (Å²) >= 11 is 0. The fourth-order valence-corrected chi connectivity index (χ4v) is 3.58. The Morgan fingerprint density at radius 2 is 1.45 bits per heavy atom. The van der Waals surface area contributed by atoms with E-state index in [1.165, 1.54) is 5.56 Å². The summed E-state index contributed by atoms with van der Waals surface area (Å²) in [5, 5.41) is 0. The molecule has 1 heteroatoms. The maximum atomic E-state index is 12.7. The first-order valence-corrected chi connectivity index (χ1v) is 8.27. The van der Waals surface area contributed by atoms with Gasteiger partial charge in [0.05, 0.1) is 0 Å². The summed E-state index contributed by atoms with van der Waals surface area (Å²) in [5.41, 5.74) is 5.21. The van der Waals surface area contributed by atoms with Gasteiger partial charge in [-0.15, -0.1) is 0 Å². The largest absolute Gasteiger partial charge is 0.289 e. The highest BCUT2D eigenvalue weighted by Crippen LogP contribution is 2.39. The zero-order chi connectivity index (χ0) is 15.9. The standard InChI is InChI=1S/C21H24O/c1-13(2)11-19(14(3)4)15-9-10-17-16-7-5-6-8-18(16)21(22)20(17)12-15/h5-10,12-14,19H,11H2,1-4H3. The van der Waals surface area contributed by atoms with E-state index in [9.17, 15) is 4.79 Å². The van der Waals surface area contributed by atoms with Gasteiger partial charge in [0.25, 0.3) is 0 Å². The molecule has 1 unspecified atom stereocenters. The highest BCUT2D eigenvalue weighted by molar-refractivity contribution is 6.21. The second-order valence-corrected chi connectivity index (χ2v) is 7.16. The molecule has 0 spiro atoms. The van der Waals surface area contributed by atoms with Crippen LogP contribution in [0.25, 0.3) is 11.1 Å². The molecule has 0 N–H and O–H groups in total. The number of carbonyl (C=O) groups excluding carboxylic acids is 1. The molecule has 1 aliphatic carbocycles. The Morgan fingerprint density at radius 1 is 0.818 bits per heavy atom. The van der Waals surface area contributed by atoms with Crippen molar-refractivity contribution >= 4 is 5.78 Å². The monoisotopic (exact) mass is 292 g/mol. The molecule has 3 rings (SSSR count). The maximum absolute atomic E-state index is 12.7. The average Bonchev–Trinajstić information content (AvgIpc) is 2.78. The predicted molar refractivity (Wildman–Crippen MR) is 92.3 cm³/mol. The molecule has 1 aliphatic rings. The topological polar surface area (TPSA) is 17.1 Å². The van der Waals surface area contributed by atoms with Crippen LogP contribution in [0.4, 0.5) is 0 Å². The molecule has 114 valence electrons. The van der Waals surface area contributed by atoms with E-state index in [1.807, 2.05) is 24.3 Å². The van der Waals surface area contributed by atoms with Gasteiger partial charge >= 0.3 is 0 Å². The Labute approximate surface area is 133 Å². The third-order valence-electron chi connectivity index (χ3n) is 4.71. The highest BCUT2D eigenvalue weighted by atomic mass is 16.1. The molecular formula is C21H24O. The van der Waals surface area contributed by atoms with Crippen molar-refractivity contribution in [1.29, 1.82) is 0 Å². The van der Waals surface area contributed by atoms with Crippen LogP contribution in [0.3, 0.4) is 0 Å². The van der Waals surface area contributed by atoms with Crippen LogP contribution in [0.2, 0.25) is 0 Å². The van der Waals surface area contributed by atoms with Crippen LogP contribution in [-0.2, 0) is 0 Å². The summed E-state index contributed by atoms with van der Waals surface area (Å²) in [6.45, 7) is 9.08. The molecule has 1 atom stereocenters. The minimum absolute atomic E-state index is 0.180. The van der Waals surface area contributed by atoms with Crippen molar-refractivity contribution in [2.24, 2.45) is 11.8 Å². The van der Waals surface area contributed by atoms with E-state index in [0.29, 0.717) is 17.8 Å². The van der Waals surface area contributed by atoms with E-state index in [-0.39, 0.29) is 5.78 Å². The van der Waals surface area contributed by atoms with Gasteiger partial charge in [-0.1, -0.05) is 64.1 Å². The summed E-state index contributed by atoms with van der Waals surface area (Å²) in [7, 11) is 0. The first-order valence-electron chi connectivity index (χ1n) is 8.27. The van der Waals surface area contributed by atoms with Gasteiger partial charge in [-0.05, 0) is 46.9 Å². The number of carbonyl (C=O) groups is 1. The maximum Gasteiger partial charge on any atom is 0.194 e. The molecule has 0 aromatic heterocycles. The number of ketones is 1. The predicted octanol–water partition coefficient (Wildman–Crippen LogP) is 5.68. The van der Waals surface area contributed by atoms with Crippen LogP contribution >= 0.6 is 0 Å². The lowest BCUT2D eigenvalue weighted by Gasteiger charge is -2.24. The molecule has 2 aromatic rings. The van der Waals surface area contributed by atoms with Crippen molar-refractivity contribution in [1.82, 2.24) is 0 Å². The molecule has 0 saturated carbocycles.